The molecule has 0 aromatic heterocycles. The van der Waals surface area contributed by atoms with Crippen molar-refractivity contribution in [3.05, 3.63) is 71.8 Å². The molecule has 15 heteroatoms. The van der Waals surface area contributed by atoms with Crippen LogP contribution in [-0.2, 0) is 36.8 Å². The third kappa shape index (κ3) is 17.0. The Kier molecular flexibility index (Phi) is 18.8. The Labute approximate surface area is 273 Å². The van der Waals surface area contributed by atoms with Crippen LogP contribution < -0.4 is 33.2 Å². The average Bonchev–Trinajstić information content (AvgIpc) is 3.00. The van der Waals surface area contributed by atoms with E-state index in [2.05, 4.69) is 20.9 Å². The van der Waals surface area contributed by atoms with Gasteiger partial charge in [0.2, 0.25) is 17.7 Å². The maximum atomic E-state index is 13.4. The molecule has 4 atom stereocenters. The summed E-state index contributed by atoms with van der Waals surface area (Å²) in [7, 11) is 0. The Bertz CT molecular complexity index is 1270. The minimum Gasteiger partial charge on any atom is -0.481 e. The number of thioether (sulfide) groups is 1. The molecular weight excluding hydrogens is 614 g/mol. The molecule has 0 radical (unpaired) electrons. The van der Waals surface area contributed by atoms with Crippen LogP contribution in [0.15, 0.2) is 65.7 Å². The predicted octanol–water partition coefficient (Wildman–Crippen LogP) is 0.236. The third-order valence-electron chi connectivity index (χ3n) is 6.35. The summed E-state index contributed by atoms with van der Waals surface area (Å²) in [5.41, 5.74) is 18.5. The zero-order valence-electron chi connectivity index (χ0n) is 26.1. The summed E-state index contributed by atoms with van der Waals surface area (Å²) in [5.74, 6) is -3.35. The molecule has 0 aliphatic carbocycles. The molecule has 0 bridgehead atoms. The Morgan fingerprint density at radius 1 is 0.761 bits per heavy atom. The Balaban J connectivity index is 0.00000249. The molecule has 0 spiro atoms. The van der Waals surface area contributed by atoms with Gasteiger partial charge in [0, 0.05) is 19.9 Å². The van der Waals surface area contributed by atoms with Crippen LogP contribution in [0.4, 0.5) is 0 Å². The molecule has 14 nitrogen and oxygen atoms in total. The first-order valence-electron chi connectivity index (χ1n) is 14.5. The van der Waals surface area contributed by atoms with Gasteiger partial charge in [-0.2, -0.15) is 11.8 Å². The van der Waals surface area contributed by atoms with E-state index in [1.807, 2.05) is 36.6 Å². The molecular formula is C31H45N7O7S. The van der Waals surface area contributed by atoms with E-state index in [9.17, 15) is 24.3 Å². The van der Waals surface area contributed by atoms with Gasteiger partial charge < -0.3 is 43.4 Å². The first-order chi connectivity index (χ1) is 21.8. The number of carbonyl (C=O) groups excluding carboxylic acids is 3. The lowest BCUT2D eigenvalue weighted by molar-refractivity contribution is -0.142. The van der Waals surface area contributed by atoms with Gasteiger partial charge >= 0.3 is 5.97 Å². The first-order valence-corrected chi connectivity index (χ1v) is 15.9. The average molecular weight is 660 g/mol. The van der Waals surface area contributed by atoms with E-state index >= 15 is 0 Å². The van der Waals surface area contributed by atoms with Crippen LogP contribution in [0.25, 0.3) is 0 Å². The second-order valence-corrected chi connectivity index (χ2v) is 11.2. The molecule has 3 amide bonds. The van der Waals surface area contributed by atoms with Crippen molar-refractivity contribution in [2.75, 3.05) is 18.6 Å². The van der Waals surface area contributed by atoms with Gasteiger partial charge in [0.05, 0.1) is 6.04 Å². The fourth-order valence-electron chi connectivity index (χ4n) is 4.11. The standard InChI is InChI=1S/C29H41N7O5S.C2H4O2/c1-42-16-14-23(34-25(37)21(30)17-19-9-4-2-5-10-19)27(39)35-22(13-8-15-33-29(31)32)26(38)36-24(28(40)41)18-20-11-6-3-7-12-20;1-2(3)4/h2-7,9-12,21-24H,8,13-18,30H2,1H3,(H,34,37)(H,35,39)(H,36,38)(H,40,41)(H4,31,32,33);1H3,(H,3,4)/t21-,22-,23-,24-;/m0./s1. The maximum absolute atomic E-state index is 13.4. The number of nitrogens with one attached hydrogen (secondary N) is 3. The molecule has 0 heterocycles. The molecule has 0 saturated carbocycles. The zero-order chi connectivity index (χ0) is 34.5. The second-order valence-electron chi connectivity index (χ2n) is 10.3. The molecule has 0 aliphatic rings. The number of hydrogen-bond donors (Lipinski definition) is 8. The lowest BCUT2D eigenvalue weighted by atomic mass is 10.0. The van der Waals surface area contributed by atoms with E-state index in [1.54, 1.807) is 30.3 Å². The Hall–Kier alpha value is -4.63. The van der Waals surface area contributed by atoms with Crippen LogP contribution >= 0.6 is 11.8 Å². The maximum Gasteiger partial charge on any atom is 0.326 e. The Morgan fingerprint density at radius 3 is 1.70 bits per heavy atom. The molecule has 2 aromatic rings. The smallest absolute Gasteiger partial charge is 0.326 e. The van der Waals surface area contributed by atoms with Crippen LogP contribution in [0, 0.1) is 0 Å². The number of benzene rings is 2. The van der Waals surface area contributed by atoms with Crippen LogP contribution in [0.2, 0.25) is 0 Å². The van der Waals surface area contributed by atoms with Crippen molar-refractivity contribution < 1.29 is 34.2 Å². The third-order valence-corrected chi connectivity index (χ3v) is 7.00. The van der Waals surface area contributed by atoms with E-state index in [4.69, 9.17) is 27.1 Å². The van der Waals surface area contributed by atoms with Gasteiger partial charge in [0.25, 0.3) is 5.97 Å². The monoisotopic (exact) mass is 659 g/mol. The summed E-state index contributed by atoms with van der Waals surface area (Å²) in [4.78, 5) is 64.5. The topological polar surface area (TPSA) is 252 Å². The number of aliphatic carboxylic acids is 2. The number of carbonyl (C=O) groups is 5. The minimum atomic E-state index is -1.22. The molecule has 0 saturated heterocycles. The SMILES string of the molecule is CC(=O)O.CSCC[C@H](NC(=O)[C@@H](N)Cc1ccccc1)C(=O)N[C@@H](CCCN=C(N)N)C(=O)N[C@@H](Cc1ccccc1)C(=O)O. The highest BCUT2D eigenvalue weighted by Gasteiger charge is 2.30. The van der Waals surface area contributed by atoms with Crippen molar-refractivity contribution in [2.45, 2.75) is 63.2 Å². The van der Waals surface area contributed by atoms with Gasteiger partial charge in [0.1, 0.15) is 18.1 Å². The molecule has 11 N–H and O–H groups in total. The van der Waals surface area contributed by atoms with Gasteiger partial charge in [0.15, 0.2) is 5.96 Å². The number of aliphatic imine (C=N–C) groups is 1. The van der Waals surface area contributed by atoms with E-state index in [-0.39, 0.29) is 31.8 Å². The quantitative estimate of drug-likeness (QED) is 0.0611. The fourth-order valence-corrected chi connectivity index (χ4v) is 4.58. The van der Waals surface area contributed by atoms with E-state index in [0.717, 1.165) is 18.1 Å². The molecule has 252 valence electrons. The van der Waals surface area contributed by atoms with Gasteiger partial charge in [-0.3, -0.25) is 24.2 Å². The number of guanidine groups is 1. The summed E-state index contributed by atoms with van der Waals surface area (Å²) < 4.78 is 0. The highest BCUT2D eigenvalue weighted by molar-refractivity contribution is 7.98. The van der Waals surface area contributed by atoms with Crippen molar-refractivity contribution in [2.24, 2.45) is 22.2 Å². The number of rotatable bonds is 18. The van der Waals surface area contributed by atoms with Gasteiger partial charge in [-0.15, -0.1) is 0 Å². The highest BCUT2D eigenvalue weighted by Crippen LogP contribution is 2.08. The Morgan fingerprint density at radius 2 is 1.22 bits per heavy atom. The molecule has 0 aliphatic heterocycles. The largest absolute Gasteiger partial charge is 0.481 e. The van der Waals surface area contributed by atoms with Crippen LogP contribution in [-0.4, -0.2) is 88.6 Å². The number of carboxylic acid groups (broad SMARTS) is 2. The molecule has 2 rings (SSSR count). The van der Waals surface area contributed by atoms with Crippen LogP contribution in [0.1, 0.15) is 37.3 Å². The van der Waals surface area contributed by atoms with Gasteiger partial charge in [-0.05, 0) is 48.8 Å². The minimum absolute atomic E-state index is 0.0578. The van der Waals surface area contributed by atoms with Crippen LogP contribution in [0.5, 0.6) is 0 Å². The number of nitrogens with zero attached hydrogens (tertiary/aromatic N) is 1. The highest BCUT2D eigenvalue weighted by atomic mass is 32.2. The normalized spacial score (nSPS) is 12.9. The fraction of sp³-hybridized carbons (Fsp3) is 0.419. The lowest BCUT2D eigenvalue weighted by Gasteiger charge is -2.25. The number of nitrogens with two attached hydrogens (primary N) is 3. The number of carboxylic acids is 2. The van der Waals surface area contributed by atoms with E-state index in [1.165, 1.54) is 11.8 Å². The van der Waals surface area contributed by atoms with Gasteiger partial charge in [-0.1, -0.05) is 60.7 Å². The van der Waals surface area contributed by atoms with Gasteiger partial charge in [-0.25, -0.2) is 4.79 Å². The summed E-state index contributed by atoms with van der Waals surface area (Å²) in [6.07, 6.45) is 2.97. The zero-order valence-corrected chi connectivity index (χ0v) is 26.9. The number of amides is 3. The van der Waals surface area contributed by atoms with Crippen molar-refractivity contribution in [3.63, 3.8) is 0 Å². The predicted molar refractivity (Wildman–Crippen MR) is 178 cm³/mol. The summed E-state index contributed by atoms with van der Waals surface area (Å²) in [5, 5.41) is 25.1. The molecule has 0 fully saturated rings. The van der Waals surface area contributed by atoms with E-state index < -0.39 is 53.8 Å². The lowest BCUT2D eigenvalue weighted by Crippen LogP contribution is -2.57. The summed E-state index contributed by atoms with van der Waals surface area (Å²) in [6, 6.07) is 14.0. The van der Waals surface area contributed by atoms with Crippen molar-refractivity contribution >= 4 is 47.4 Å². The van der Waals surface area contributed by atoms with Crippen molar-refractivity contribution in [1.82, 2.24) is 16.0 Å². The van der Waals surface area contributed by atoms with Crippen molar-refractivity contribution in [1.29, 1.82) is 0 Å². The number of hydrogen-bond acceptors (Lipinski definition) is 8. The van der Waals surface area contributed by atoms with Crippen LogP contribution in [0.3, 0.4) is 0 Å². The second kappa shape index (κ2) is 22.0. The first kappa shape index (κ1) is 39.4. The molecule has 0 unspecified atom stereocenters. The van der Waals surface area contributed by atoms with Crippen molar-refractivity contribution in [3.8, 4) is 0 Å². The summed E-state index contributed by atoms with van der Waals surface area (Å²) >= 11 is 1.50. The molecule has 2 aromatic carbocycles. The van der Waals surface area contributed by atoms with E-state index in [0.29, 0.717) is 18.6 Å². The summed E-state index contributed by atoms with van der Waals surface area (Å²) in [6.45, 7) is 1.29. The molecule has 46 heavy (non-hydrogen) atoms.